The van der Waals surface area contributed by atoms with Crippen LogP contribution in [0.2, 0.25) is 0 Å². The van der Waals surface area contributed by atoms with Gasteiger partial charge in [0.05, 0.1) is 0 Å². The Bertz CT molecular complexity index is 237. The Balaban J connectivity index is 1.90. The molecule has 13 heavy (non-hydrogen) atoms. The molecule has 1 heteroatoms. The third-order valence-corrected chi connectivity index (χ3v) is 2.70. The summed E-state index contributed by atoms with van der Waals surface area (Å²) in [5, 5.41) is 0. The van der Waals surface area contributed by atoms with Crippen LogP contribution in [-0.4, -0.2) is 13.1 Å². The van der Waals surface area contributed by atoms with Crippen LogP contribution in [0.1, 0.15) is 24.8 Å². The predicted octanol–water partition coefficient (Wildman–Crippen LogP) is 2.51. The van der Waals surface area contributed by atoms with Gasteiger partial charge in [0.15, 0.2) is 0 Å². The van der Waals surface area contributed by atoms with E-state index in [1.807, 2.05) is 0 Å². The molecule has 1 aliphatic rings. The summed E-state index contributed by atoms with van der Waals surface area (Å²) in [6.45, 7) is 3.71. The molecule has 1 fully saturated rings. The Morgan fingerprint density at radius 3 is 2.31 bits per heavy atom. The fourth-order valence-corrected chi connectivity index (χ4v) is 1.96. The fourth-order valence-electron chi connectivity index (χ4n) is 1.96. The molecule has 1 aliphatic heterocycles. The zero-order valence-electron chi connectivity index (χ0n) is 8.08. The highest BCUT2D eigenvalue weighted by Gasteiger charge is 2.18. The van der Waals surface area contributed by atoms with Crippen LogP contribution in [0.25, 0.3) is 0 Å². The Morgan fingerprint density at radius 2 is 1.62 bits per heavy atom. The summed E-state index contributed by atoms with van der Waals surface area (Å²) < 4.78 is 0. The zero-order chi connectivity index (χ0) is 8.93. The van der Waals surface area contributed by atoms with Gasteiger partial charge in [-0.1, -0.05) is 30.3 Å². The standard InChI is InChI=1S/C12H17N/c1-3-7-12(8-4-1)11-13-9-5-2-6-10-13/h1,3-4,7-8H,2,5-6,9-11H2/q+1. The van der Waals surface area contributed by atoms with E-state index in [9.17, 15) is 0 Å². The molecule has 0 bridgehead atoms. The molecule has 1 nitrogen and oxygen atoms in total. The predicted molar refractivity (Wildman–Crippen MR) is 55.9 cm³/mol. The maximum absolute atomic E-state index is 2.55. The summed E-state index contributed by atoms with van der Waals surface area (Å²) in [5.41, 5.74) is 1.45. The molecule has 1 radical (unpaired) electrons. The van der Waals surface area contributed by atoms with Gasteiger partial charge >= 0.3 is 0 Å². The molecule has 1 aromatic rings. The molecule has 0 aromatic heterocycles. The highest BCUT2D eigenvalue weighted by Crippen LogP contribution is 2.09. The molecule has 0 saturated carbocycles. The van der Waals surface area contributed by atoms with Crippen LogP contribution >= 0.6 is 0 Å². The normalized spacial score (nSPS) is 18.8. The molecule has 0 spiro atoms. The van der Waals surface area contributed by atoms with E-state index in [1.54, 1.807) is 0 Å². The fraction of sp³-hybridized carbons (Fsp3) is 0.500. The molecule has 0 aliphatic carbocycles. The van der Waals surface area contributed by atoms with E-state index in [2.05, 4.69) is 35.2 Å². The first-order chi connectivity index (χ1) is 6.45. The second-order valence-corrected chi connectivity index (χ2v) is 3.82. The lowest BCUT2D eigenvalue weighted by molar-refractivity contribution is 0.336. The minimum Gasteiger partial charge on any atom is -0.166 e. The Hall–Kier alpha value is -0.820. The maximum atomic E-state index is 2.55. The van der Waals surface area contributed by atoms with Gasteiger partial charge in [0.25, 0.3) is 0 Å². The number of nitrogens with zero attached hydrogens (tertiary/aromatic N) is 1. The lowest BCUT2D eigenvalue weighted by atomic mass is 10.1. The SMILES string of the molecule is c1ccc(C[N+]2CCCCC2)cc1. The quantitative estimate of drug-likeness (QED) is 0.609. The van der Waals surface area contributed by atoms with Crippen LogP contribution in [0.15, 0.2) is 30.3 Å². The summed E-state index contributed by atoms with van der Waals surface area (Å²) in [6, 6.07) is 10.8. The van der Waals surface area contributed by atoms with Crippen molar-refractivity contribution in [2.75, 3.05) is 13.1 Å². The van der Waals surface area contributed by atoms with Gasteiger partial charge in [-0.2, -0.15) is 4.90 Å². The zero-order valence-corrected chi connectivity index (χ0v) is 8.08. The van der Waals surface area contributed by atoms with Gasteiger partial charge < -0.3 is 0 Å². The lowest BCUT2D eigenvalue weighted by Gasteiger charge is -2.16. The summed E-state index contributed by atoms with van der Waals surface area (Å²) in [5.74, 6) is 0. The Labute approximate surface area is 80.4 Å². The topological polar surface area (TPSA) is 5.90 Å². The molecule has 0 unspecified atom stereocenters. The van der Waals surface area contributed by atoms with Crippen LogP contribution in [0.3, 0.4) is 0 Å². The molecule has 1 heterocycles. The summed E-state index contributed by atoms with van der Waals surface area (Å²) >= 11 is 0. The summed E-state index contributed by atoms with van der Waals surface area (Å²) in [6.07, 6.45) is 4.19. The van der Waals surface area contributed by atoms with E-state index < -0.39 is 0 Å². The van der Waals surface area contributed by atoms with Gasteiger partial charge in [-0.25, -0.2) is 0 Å². The van der Waals surface area contributed by atoms with E-state index in [0.29, 0.717) is 0 Å². The first-order valence-electron chi connectivity index (χ1n) is 5.21. The lowest BCUT2D eigenvalue weighted by Crippen LogP contribution is -2.34. The van der Waals surface area contributed by atoms with Crippen molar-refractivity contribution in [1.29, 1.82) is 0 Å². The number of hydrogen-bond donors (Lipinski definition) is 0. The third-order valence-electron chi connectivity index (χ3n) is 2.70. The first-order valence-corrected chi connectivity index (χ1v) is 5.21. The number of likely N-dealkylation sites (tertiary alicyclic amines) is 1. The largest absolute Gasteiger partial charge is 0.166 e. The van der Waals surface area contributed by atoms with Crippen molar-refractivity contribution in [3.05, 3.63) is 35.9 Å². The van der Waals surface area contributed by atoms with E-state index in [0.717, 1.165) is 6.54 Å². The van der Waals surface area contributed by atoms with E-state index in [1.165, 1.54) is 37.9 Å². The Kier molecular flexibility index (Phi) is 2.98. The molecular weight excluding hydrogens is 158 g/mol. The van der Waals surface area contributed by atoms with Crippen molar-refractivity contribution in [2.45, 2.75) is 25.8 Å². The monoisotopic (exact) mass is 175 g/mol. The molecule has 69 valence electrons. The summed E-state index contributed by atoms with van der Waals surface area (Å²) in [4.78, 5) is 2.55. The van der Waals surface area contributed by atoms with Gasteiger partial charge in [0, 0.05) is 18.4 Å². The van der Waals surface area contributed by atoms with E-state index in [-0.39, 0.29) is 0 Å². The molecule has 1 aromatic carbocycles. The first kappa shape index (κ1) is 8.76. The van der Waals surface area contributed by atoms with Crippen LogP contribution in [-0.2, 0) is 6.54 Å². The highest BCUT2D eigenvalue weighted by atomic mass is 15.1. The van der Waals surface area contributed by atoms with Gasteiger partial charge in [0.2, 0.25) is 0 Å². The van der Waals surface area contributed by atoms with Gasteiger partial charge in [-0.3, -0.25) is 0 Å². The average Bonchev–Trinajstić information content (AvgIpc) is 2.21. The van der Waals surface area contributed by atoms with Crippen LogP contribution < -0.4 is 4.90 Å². The van der Waals surface area contributed by atoms with Crippen molar-refractivity contribution in [3.63, 3.8) is 0 Å². The Morgan fingerprint density at radius 1 is 0.923 bits per heavy atom. The van der Waals surface area contributed by atoms with E-state index >= 15 is 0 Å². The minimum atomic E-state index is 1.14. The average molecular weight is 175 g/mol. The number of benzene rings is 1. The van der Waals surface area contributed by atoms with E-state index in [4.69, 9.17) is 0 Å². The number of piperidine rings is 1. The van der Waals surface area contributed by atoms with Crippen LogP contribution in [0, 0.1) is 0 Å². The van der Waals surface area contributed by atoms with Gasteiger partial charge in [-0.15, -0.1) is 0 Å². The molecule has 0 amide bonds. The van der Waals surface area contributed by atoms with Crippen molar-refractivity contribution < 1.29 is 0 Å². The van der Waals surface area contributed by atoms with Crippen LogP contribution in [0.5, 0.6) is 0 Å². The summed E-state index contributed by atoms with van der Waals surface area (Å²) in [7, 11) is 0. The second-order valence-electron chi connectivity index (χ2n) is 3.82. The number of rotatable bonds is 2. The smallest absolute Gasteiger partial charge is 0.148 e. The second kappa shape index (κ2) is 4.43. The van der Waals surface area contributed by atoms with Crippen LogP contribution in [0.4, 0.5) is 0 Å². The number of hydrogen-bond acceptors (Lipinski definition) is 1. The molecule has 0 atom stereocenters. The van der Waals surface area contributed by atoms with Gasteiger partial charge in [-0.05, 0) is 6.42 Å². The van der Waals surface area contributed by atoms with Crippen molar-refractivity contribution >= 4 is 0 Å². The molecule has 0 N–H and O–H groups in total. The maximum Gasteiger partial charge on any atom is 0.148 e. The van der Waals surface area contributed by atoms with Crippen molar-refractivity contribution in [2.24, 2.45) is 0 Å². The highest BCUT2D eigenvalue weighted by molar-refractivity contribution is 5.14. The minimum absolute atomic E-state index is 1.14. The third kappa shape index (κ3) is 2.56. The van der Waals surface area contributed by atoms with Crippen molar-refractivity contribution in [3.8, 4) is 0 Å². The molecule has 2 rings (SSSR count). The van der Waals surface area contributed by atoms with Crippen molar-refractivity contribution in [1.82, 2.24) is 4.90 Å². The van der Waals surface area contributed by atoms with Gasteiger partial charge in [0.1, 0.15) is 19.6 Å². The molecule has 1 saturated heterocycles. The molecular formula is C12H17N+.